The van der Waals surface area contributed by atoms with E-state index in [0.717, 1.165) is 5.56 Å². The van der Waals surface area contributed by atoms with Gasteiger partial charge in [-0.25, -0.2) is 4.39 Å². The summed E-state index contributed by atoms with van der Waals surface area (Å²) in [4.78, 5) is 11.4. The third-order valence-electron chi connectivity index (χ3n) is 2.99. The average molecular weight is 313 g/mol. The SMILES string of the molecule is O=C(O)[C@H](Cc1ccc(Cl)c(Cl)c1)c1ccc(F)cc1. The fraction of sp³-hybridized carbons (Fsp3) is 0.133. The van der Waals surface area contributed by atoms with E-state index in [4.69, 9.17) is 23.2 Å². The van der Waals surface area contributed by atoms with Gasteiger partial charge in [-0.3, -0.25) is 4.79 Å². The largest absolute Gasteiger partial charge is 0.481 e. The summed E-state index contributed by atoms with van der Waals surface area (Å²) in [6.45, 7) is 0. The van der Waals surface area contributed by atoms with Crippen LogP contribution in [0.4, 0.5) is 4.39 Å². The second kappa shape index (κ2) is 6.25. The number of rotatable bonds is 4. The van der Waals surface area contributed by atoms with E-state index >= 15 is 0 Å². The highest BCUT2D eigenvalue weighted by molar-refractivity contribution is 6.42. The van der Waals surface area contributed by atoms with Gasteiger partial charge in [0.15, 0.2) is 0 Å². The smallest absolute Gasteiger partial charge is 0.311 e. The van der Waals surface area contributed by atoms with E-state index in [2.05, 4.69) is 0 Å². The van der Waals surface area contributed by atoms with Crippen molar-refractivity contribution in [1.82, 2.24) is 0 Å². The highest BCUT2D eigenvalue weighted by atomic mass is 35.5. The third-order valence-corrected chi connectivity index (χ3v) is 3.73. The number of hydrogen-bond donors (Lipinski definition) is 1. The number of benzene rings is 2. The molecule has 0 saturated heterocycles. The number of aliphatic carboxylic acids is 1. The molecule has 0 fully saturated rings. The molecular weight excluding hydrogens is 302 g/mol. The summed E-state index contributed by atoms with van der Waals surface area (Å²) < 4.78 is 12.9. The number of carboxylic acids is 1. The summed E-state index contributed by atoms with van der Waals surface area (Å²) in [6.07, 6.45) is 0.262. The molecule has 0 heterocycles. The van der Waals surface area contributed by atoms with Gasteiger partial charge in [-0.15, -0.1) is 0 Å². The van der Waals surface area contributed by atoms with Gasteiger partial charge in [0.25, 0.3) is 0 Å². The van der Waals surface area contributed by atoms with E-state index in [9.17, 15) is 14.3 Å². The Hall–Kier alpha value is -1.58. The Morgan fingerprint density at radius 3 is 2.30 bits per heavy atom. The van der Waals surface area contributed by atoms with E-state index in [1.54, 1.807) is 18.2 Å². The zero-order valence-electron chi connectivity index (χ0n) is 10.3. The van der Waals surface area contributed by atoms with Crippen LogP contribution >= 0.6 is 23.2 Å². The normalized spacial score (nSPS) is 12.2. The van der Waals surface area contributed by atoms with Crippen LogP contribution in [-0.2, 0) is 11.2 Å². The van der Waals surface area contributed by atoms with Crippen molar-refractivity contribution in [2.24, 2.45) is 0 Å². The summed E-state index contributed by atoms with van der Waals surface area (Å²) in [5, 5.41) is 10.1. The van der Waals surface area contributed by atoms with Gasteiger partial charge in [0, 0.05) is 0 Å². The fourth-order valence-corrected chi connectivity index (χ4v) is 2.27. The first-order valence-electron chi connectivity index (χ1n) is 5.89. The first-order chi connectivity index (χ1) is 9.47. The molecule has 0 saturated carbocycles. The lowest BCUT2D eigenvalue weighted by atomic mass is 9.92. The van der Waals surface area contributed by atoms with Crippen molar-refractivity contribution in [2.75, 3.05) is 0 Å². The van der Waals surface area contributed by atoms with Crippen molar-refractivity contribution in [1.29, 1.82) is 0 Å². The Bertz CT molecular complexity index is 626. The Kier molecular flexibility index (Phi) is 4.63. The summed E-state index contributed by atoms with van der Waals surface area (Å²) in [5.41, 5.74) is 1.31. The van der Waals surface area contributed by atoms with Crippen molar-refractivity contribution >= 4 is 29.2 Å². The van der Waals surface area contributed by atoms with Crippen LogP contribution in [0.1, 0.15) is 17.0 Å². The van der Waals surface area contributed by atoms with E-state index < -0.39 is 17.7 Å². The molecule has 0 bridgehead atoms. The van der Waals surface area contributed by atoms with Crippen molar-refractivity contribution in [2.45, 2.75) is 12.3 Å². The number of halogens is 3. The second-order valence-corrected chi connectivity index (χ2v) is 5.21. The van der Waals surface area contributed by atoms with E-state index in [-0.39, 0.29) is 6.42 Å². The Morgan fingerprint density at radius 2 is 1.75 bits per heavy atom. The molecule has 0 radical (unpaired) electrons. The first-order valence-corrected chi connectivity index (χ1v) is 6.65. The molecule has 104 valence electrons. The molecule has 2 aromatic carbocycles. The lowest BCUT2D eigenvalue weighted by Crippen LogP contribution is -2.14. The number of hydrogen-bond acceptors (Lipinski definition) is 1. The molecule has 2 rings (SSSR count). The fourth-order valence-electron chi connectivity index (χ4n) is 1.95. The predicted molar refractivity (Wildman–Crippen MR) is 76.9 cm³/mol. The molecule has 5 heteroatoms. The highest BCUT2D eigenvalue weighted by Gasteiger charge is 2.20. The molecule has 0 aliphatic rings. The molecule has 1 N–H and O–H groups in total. The van der Waals surface area contributed by atoms with Gasteiger partial charge in [-0.1, -0.05) is 41.4 Å². The Balaban J connectivity index is 2.27. The molecule has 0 spiro atoms. The molecule has 0 aromatic heterocycles. The monoisotopic (exact) mass is 312 g/mol. The zero-order chi connectivity index (χ0) is 14.7. The van der Waals surface area contributed by atoms with E-state index in [0.29, 0.717) is 15.6 Å². The molecule has 20 heavy (non-hydrogen) atoms. The molecule has 1 atom stereocenters. The Morgan fingerprint density at radius 1 is 1.10 bits per heavy atom. The van der Waals surface area contributed by atoms with Gasteiger partial charge in [-0.2, -0.15) is 0 Å². The van der Waals surface area contributed by atoms with Crippen molar-refractivity contribution in [3.05, 3.63) is 69.5 Å². The Labute approximate surface area is 125 Å². The lowest BCUT2D eigenvalue weighted by Gasteiger charge is -2.13. The number of carboxylic acid groups (broad SMARTS) is 1. The third kappa shape index (κ3) is 3.50. The van der Waals surface area contributed by atoms with E-state index in [1.807, 2.05) is 0 Å². The molecule has 2 aromatic rings. The molecule has 0 aliphatic carbocycles. The maximum atomic E-state index is 12.9. The van der Waals surface area contributed by atoms with Gasteiger partial charge >= 0.3 is 5.97 Å². The predicted octanol–water partition coefficient (Wildman–Crippen LogP) is 4.54. The standard InChI is InChI=1S/C15H11Cl2FO2/c16-13-6-1-9(8-14(13)17)7-12(15(19)20)10-2-4-11(18)5-3-10/h1-6,8,12H,7H2,(H,19,20)/t12-/m1/s1. The minimum atomic E-state index is -0.970. The molecule has 0 aliphatic heterocycles. The molecular formula is C15H11Cl2FO2. The van der Waals surface area contributed by atoms with Crippen molar-refractivity contribution in [3.63, 3.8) is 0 Å². The topological polar surface area (TPSA) is 37.3 Å². The molecule has 0 unspecified atom stereocenters. The zero-order valence-corrected chi connectivity index (χ0v) is 11.8. The van der Waals surface area contributed by atoms with Gasteiger partial charge in [0.1, 0.15) is 5.82 Å². The van der Waals surface area contributed by atoms with Gasteiger partial charge in [0.2, 0.25) is 0 Å². The van der Waals surface area contributed by atoms with E-state index in [1.165, 1.54) is 24.3 Å². The van der Waals surface area contributed by atoms with Gasteiger partial charge in [-0.05, 0) is 41.8 Å². The van der Waals surface area contributed by atoms with Crippen LogP contribution in [0.3, 0.4) is 0 Å². The first kappa shape index (κ1) is 14.8. The van der Waals surface area contributed by atoms with Crippen LogP contribution < -0.4 is 0 Å². The summed E-state index contributed by atoms with van der Waals surface area (Å²) in [7, 11) is 0. The van der Waals surface area contributed by atoms with Crippen molar-refractivity contribution < 1.29 is 14.3 Å². The maximum Gasteiger partial charge on any atom is 0.311 e. The van der Waals surface area contributed by atoms with Crippen molar-refractivity contribution in [3.8, 4) is 0 Å². The second-order valence-electron chi connectivity index (χ2n) is 4.39. The highest BCUT2D eigenvalue weighted by Crippen LogP contribution is 2.27. The van der Waals surface area contributed by atoms with Crippen LogP contribution in [-0.4, -0.2) is 11.1 Å². The van der Waals surface area contributed by atoms with Gasteiger partial charge in [0.05, 0.1) is 16.0 Å². The minimum absolute atomic E-state index is 0.262. The average Bonchev–Trinajstić information content (AvgIpc) is 2.41. The van der Waals surface area contributed by atoms with Crippen LogP contribution in [0.5, 0.6) is 0 Å². The molecule has 2 nitrogen and oxygen atoms in total. The maximum absolute atomic E-state index is 12.9. The quantitative estimate of drug-likeness (QED) is 0.899. The van der Waals surface area contributed by atoms with Gasteiger partial charge < -0.3 is 5.11 Å². The summed E-state index contributed by atoms with van der Waals surface area (Å²) in [6, 6.07) is 10.5. The van der Waals surface area contributed by atoms with Crippen LogP contribution in [0.2, 0.25) is 10.0 Å². The summed E-state index contributed by atoms with van der Waals surface area (Å²) >= 11 is 11.7. The lowest BCUT2D eigenvalue weighted by molar-refractivity contribution is -0.138. The summed E-state index contributed by atoms with van der Waals surface area (Å²) in [5.74, 6) is -2.12. The minimum Gasteiger partial charge on any atom is -0.481 e. The van der Waals surface area contributed by atoms with Crippen LogP contribution in [0.15, 0.2) is 42.5 Å². The van der Waals surface area contributed by atoms with Crippen LogP contribution in [0.25, 0.3) is 0 Å². The molecule has 0 amide bonds. The number of carbonyl (C=O) groups is 1. The van der Waals surface area contributed by atoms with Crippen LogP contribution in [0, 0.1) is 5.82 Å².